The third kappa shape index (κ3) is 7.23. The van der Waals surface area contributed by atoms with Crippen LogP contribution in [0.25, 0.3) is 0 Å². The summed E-state index contributed by atoms with van der Waals surface area (Å²) in [6, 6.07) is 21.5. The highest BCUT2D eigenvalue weighted by molar-refractivity contribution is 6.31. The minimum Gasteiger partial charge on any atom is -0.495 e. The number of carbonyl (C=O) groups is 2. The van der Waals surface area contributed by atoms with E-state index in [9.17, 15) is 9.59 Å². The van der Waals surface area contributed by atoms with E-state index >= 15 is 0 Å². The van der Waals surface area contributed by atoms with Crippen molar-refractivity contribution in [2.45, 2.75) is 19.6 Å². The van der Waals surface area contributed by atoms with Crippen molar-refractivity contribution < 1.29 is 19.1 Å². The second-order valence-corrected chi connectivity index (χ2v) is 8.21. The highest BCUT2D eigenvalue weighted by atomic mass is 35.5. The molecule has 0 spiro atoms. The van der Waals surface area contributed by atoms with Crippen molar-refractivity contribution in [3.63, 3.8) is 0 Å². The van der Waals surface area contributed by atoms with Gasteiger partial charge in [0.15, 0.2) is 0 Å². The lowest BCUT2D eigenvalue weighted by atomic mass is 10.2. The van der Waals surface area contributed by atoms with Crippen LogP contribution in [-0.2, 0) is 16.2 Å². The van der Waals surface area contributed by atoms with Crippen LogP contribution in [0.15, 0.2) is 72.8 Å². The molecule has 178 valence electrons. The Bertz CT molecular complexity index is 1110. The standard InChI is InChI=1S/C26H28ClN3O4/c1-18(30(2)16-25(31)29-23-15-20(27)9-14-24(23)33-3)26(32)28-21-10-12-22(13-11-21)34-17-19-7-5-4-6-8-19/h4-15,18H,16-17H2,1-3H3,(H,28,32)(H,29,31). The smallest absolute Gasteiger partial charge is 0.241 e. The van der Waals surface area contributed by atoms with E-state index in [0.717, 1.165) is 5.56 Å². The van der Waals surface area contributed by atoms with Crippen molar-refractivity contribution in [3.05, 3.63) is 83.4 Å². The Hall–Kier alpha value is -3.55. The Morgan fingerprint density at radius 2 is 1.71 bits per heavy atom. The first kappa shape index (κ1) is 25.1. The average molecular weight is 482 g/mol. The van der Waals surface area contributed by atoms with Gasteiger partial charge in [0.1, 0.15) is 18.1 Å². The van der Waals surface area contributed by atoms with Crippen LogP contribution in [0.3, 0.4) is 0 Å². The molecule has 0 saturated carbocycles. The largest absolute Gasteiger partial charge is 0.495 e. The van der Waals surface area contributed by atoms with Crippen molar-refractivity contribution in [2.24, 2.45) is 0 Å². The van der Waals surface area contributed by atoms with Gasteiger partial charge >= 0.3 is 0 Å². The second kappa shape index (κ2) is 12.1. The van der Waals surface area contributed by atoms with Gasteiger partial charge in [0.05, 0.1) is 25.4 Å². The molecule has 0 heterocycles. The van der Waals surface area contributed by atoms with Gasteiger partial charge < -0.3 is 20.1 Å². The SMILES string of the molecule is COc1ccc(Cl)cc1NC(=O)CN(C)C(C)C(=O)Nc1ccc(OCc2ccccc2)cc1. The summed E-state index contributed by atoms with van der Waals surface area (Å²) in [5.74, 6) is 0.693. The minimum absolute atomic E-state index is 0.0104. The van der Waals surface area contributed by atoms with Gasteiger partial charge in [0, 0.05) is 10.7 Å². The zero-order chi connectivity index (χ0) is 24.5. The van der Waals surface area contributed by atoms with Gasteiger partial charge in [0.25, 0.3) is 0 Å². The first-order chi connectivity index (χ1) is 16.4. The van der Waals surface area contributed by atoms with Gasteiger partial charge in [-0.25, -0.2) is 0 Å². The molecule has 0 aromatic heterocycles. The third-order valence-corrected chi connectivity index (χ3v) is 5.47. The first-order valence-corrected chi connectivity index (χ1v) is 11.1. The predicted molar refractivity (Wildman–Crippen MR) is 135 cm³/mol. The van der Waals surface area contributed by atoms with E-state index in [-0.39, 0.29) is 18.4 Å². The molecule has 7 nitrogen and oxygen atoms in total. The van der Waals surface area contributed by atoms with E-state index in [4.69, 9.17) is 21.1 Å². The number of anilines is 2. The van der Waals surface area contributed by atoms with Gasteiger partial charge in [-0.05, 0) is 62.0 Å². The Kier molecular flexibility index (Phi) is 8.90. The van der Waals surface area contributed by atoms with Crippen LogP contribution >= 0.6 is 11.6 Å². The summed E-state index contributed by atoms with van der Waals surface area (Å²) < 4.78 is 11.0. The Morgan fingerprint density at radius 3 is 2.38 bits per heavy atom. The molecular weight excluding hydrogens is 454 g/mol. The number of carbonyl (C=O) groups excluding carboxylic acids is 2. The number of rotatable bonds is 10. The van der Waals surface area contributed by atoms with Gasteiger partial charge in [-0.3, -0.25) is 14.5 Å². The lowest BCUT2D eigenvalue weighted by molar-refractivity contribution is -0.122. The van der Waals surface area contributed by atoms with E-state index in [1.165, 1.54) is 7.11 Å². The molecule has 2 amide bonds. The zero-order valence-electron chi connectivity index (χ0n) is 19.4. The van der Waals surface area contributed by atoms with E-state index in [0.29, 0.717) is 34.5 Å². The second-order valence-electron chi connectivity index (χ2n) is 7.77. The number of benzene rings is 3. The van der Waals surface area contributed by atoms with Gasteiger partial charge in [-0.15, -0.1) is 0 Å². The minimum atomic E-state index is -0.541. The molecule has 2 N–H and O–H groups in total. The molecule has 0 radical (unpaired) electrons. The number of nitrogens with zero attached hydrogens (tertiary/aromatic N) is 1. The number of nitrogens with one attached hydrogen (secondary N) is 2. The lowest BCUT2D eigenvalue weighted by Crippen LogP contribution is -2.43. The summed E-state index contributed by atoms with van der Waals surface area (Å²) in [5, 5.41) is 6.12. The summed E-state index contributed by atoms with van der Waals surface area (Å²) in [6.45, 7) is 2.22. The molecule has 0 aliphatic carbocycles. The maximum Gasteiger partial charge on any atom is 0.241 e. The fraction of sp³-hybridized carbons (Fsp3) is 0.231. The summed E-state index contributed by atoms with van der Waals surface area (Å²) in [7, 11) is 3.22. The Labute approximate surface area is 204 Å². The zero-order valence-corrected chi connectivity index (χ0v) is 20.1. The van der Waals surface area contributed by atoms with Crippen molar-refractivity contribution in [1.82, 2.24) is 4.90 Å². The molecule has 0 saturated heterocycles. The van der Waals surface area contributed by atoms with Crippen molar-refractivity contribution in [1.29, 1.82) is 0 Å². The van der Waals surface area contributed by atoms with Crippen LogP contribution in [0.2, 0.25) is 5.02 Å². The molecule has 3 aromatic carbocycles. The fourth-order valence-corrected chi connectivity index (χ4v) is 3.33. The Balaban J connectivity index is 1.49. The molecule has 0 aliphatic heterocycles. The predicted octanol–water partition coefficient (Wildman–Crippen LogP) is 4.83. The normalized spacial score (nSPS) is 11.6. The van der Waals surface area contributed by atoms with Gasteiger partial charge in [-0.1, -0.05) is 41.9 Å². The van der Waals surface area contributed by atoms with Crippen molar-refractivity contribution in [2.75, 3.05) is 31.3 Å². The van der Waals surface area contributed by atoms with Gasteiger partial charge in [0.2, 0.25) is 11.8 Å². The molecule has 0 aliphatic rings. The topological polar surface area (TPSA) is 79.9 Å². The van der Waals surface area contributed by atoms with E-state index in [2.05, 4.69) is 10.6 Å². The molecule has 1 unspecified atom stereocenters. The number of methoxy groups -OCH3 is 1. The number of ether oxygens (including phenoxy) is 2. The van der Waals surface area contributed by atoms with E-state index < -0.39 is 6.04 Å². The Morgan fingerprint density at radius 1 is 1.00 bits per heavy atom. The van der Waals surface area contributed by atoms with Crippen molar-refractivity contribution >= 4 is 34.8 Å². The van der Waals surface area contributed by atoms with Crippen LogP contribution in [0.4, 0.5) is 11.4 Å². The lowest BCUT2D eigenvalue weighted by Gasteiger charge is -2.23. The monoisotopic (exact) mass is 481 g/mol. The summed E-state index contributed by atoms with van der Waals surface area (Å²) in [4.78, 5) is 26.8. The molecule has 0 bridgehead atoms. The fourth-order valence-electron chi connectivity index (χ4n) is 3.15. The molecule has 1 atom stereocenters. The molecule has 0 fully saturated rings. The average Bonchev–Trinajstić information content (AvgIpc) is 2.83. The summed E-state index contributed by atoms with van der Waals surface area (Å²) in [5.41, 5.74) is 2.19. The van der Waals surface area contributed by atoms with Gasteiger partial charge in [-0.2, -0.15) is 0 Å². The summed E-state index contributed by atoms with van der Waals surface area (Å²) in [6.07, 6.45) is 0. The van der Waals surface area contributed by atoms with Crippen LogP contribution in [0.5, 0.6) is 11.5 Å². The quantitative estimate of drug-likeness (QED) is 0.433. The van der Waals surface area contributed by atoms with Crippen LogP contribution in [0.1, 0.15) is 12.5 Å². The van der Waals surface area contributed by atoms with Crippen LogP contribution < -0.4 is 20.1 Å². The maximum absolute atomic E-state index is 12.7. The molecular formula is C26H28ClN3O4. The highest BCUT2D eigenvalue weighted by Gasteiger charge is 2.21. The molecule has 34 heavy (non-hydrogen) atoms. The number of hydrogen-bond acceptors (Lipinski definition) is 5. The number of likely N-dealkylation sites (N-methyl/N-ethyl adjacent to an activating group) is 1. The van der Waals surface area contributed by atoms with E-state index in [1.807, 2.05) is 30.3 Å². The number of hydrogen-bond donors (Lipinski definition) is 2. The first-order valence-electron chi connectivity index (χ1n) is 10.8. The van der Waals surface area contributed by atoms with Crippen molar-refractivity contribution in [3.8, 4) is 11.5 Å². The van der Waals surface area contributed by atoms with Crippen LogP contribution in [0, 0.1) is 0 Å². The molecule has 3 rings (SSSR count). The van der Waals surface area contributed by atoms with Crippen LogP contribution in [-0.4, -0.2) is 43.5 Å². The molecule has 8 heteroatoms. The number of amides is 2. The summed E-state index contributed by atoms with van der Waals surface area (Å²) >= 11 is 6.01. The third-order valence-electron chi connectivity index (χ3n) is 5.24. The molecule has 3 aromatic rings. The maximum atomic E-state index is 12.7. The van der Waals surface area contributed by atoms with E-state index in [1.54, 1.807) is 61.3 Å². The number of halogens is 1. The highest BCUT2D eigenvalue weighted by Crippen LogP contribution is 2.27.